The van der Waals surface area contributed by atoms with Crippen molar-refractivity contribution in [2.24, 2.45) is 17.6 Å². The molecule has 21 heavy (non-hydrogen) atoms. The predicted molar refractivity (Wildman–Crippen MR) is 86.1 cm³/mol. The molecule has 1 aliphatic heterocycles. The first kappa shape index (κ1) is 16.7. The summed E-state index contributed by atoms with van der Waals surface area (Å²) in [6.45, 7) is 8.14. The Balaban J connectivity index is 1.79. The van der Waals surface area contributed by atoms with E-state index in [1.807, 2.05) is 0 Å². The number of amides is 1. The van der Waals surface area contributed by atoms with E-state index in [1.165, 1.54) is 6.42 Å². The van der Waals surface area contributed by atoms with E-state index in [0.717, 1.165) is 52.1 Å². The molecule has 5 heteroatoms. The number of rotatable bonds is 4. The van der Waals surface area contributed by atoms with Crippen LogP contribution < -0.4 is 5.73 Å². The number of nitrogens with zero attached hydrogens (tertiary/aromatic N) is 3. The molecule has 2 fully saturated rings. The Kier molecular flexibility index (Phi) is 6.02. The van der Waals surface area contributed by atoms with Gasteiger partial charge in [-0.05, 0) is 39.3 Å². The highest BCUT2D eigenvalue weighted by Crippen LogP contribution is 2.29. The quantitative estimate of drug-likeness (QED) is 0.819. The Morgan fingerprint density at radius 1 is 1.19 bits per heavy atom. The molecule has 1 heterocycles. The molecule has 1 amide bonds. The molecule has 1 saturated carbocycles. The number of carbonyl (C=O) groups excluding carboxylic acids is 1. The van der Waals surface area contributed by atoms with Crippen molar-refractivity contribution in [3.8, 4) is 0 Å². The standard InChI is InChI=1S/C16H32N4O/c1-13-4-5-15(17)14(12-13)16(21)20-10-8-19(9-11-20)7-6-18(2)3/h13-15H,4-12,17H2,1-3H3. The Hall–Kier alpha value is -0.650. The third-order valence-corrected chi connectivity index (χ3v) is 5.03. The summed E-state index contributed by atoms with van der Waals surface area (Å²) in [5.41, 5.74) is 6.19. The summed E-state index contributed by atoms with van der Waals surface area (Å²) in [6.07, 6.45) is 3.14. The van der Waals surface area contributed by atoms with Crippen molar-refractivity contribution in [1.82, 2.24) is 14.7 Å². The van der Waals surface area contributed by atoms with Crippen LogP contribution >= 0.6 is 0 Å². The summed E-state index contributed by atoms with van der Waals surface area (Å²) in [5, 5.41) is 0. The highest BCUT2D eigenvalue weighted by atomic mass is 16.2. The van der Waals surface area contributed by atoms with Gasteiger partial charge in [0.1, 0.15) is 0 Å². The van der Waals surface area contributed by atoms with Crippen LogP contribution in [0.2, 0.25) is 0 Å². The first-order valence-corrected chi connectivity index (χ1v) is 8.39. The molecule has 1 aliphatic carbocycles. The van der Waals surface area contributed by atoms with E-state index in [4.69, 9.17) is 5.73 Å². The summed E-state index contributed by atoms with van der Waals surface area (Å²) >= 11 is 0. The molecule has 0 bridgehead atoms. The van der Waals surface area contributed by atoms with Crippen LogP contribution in [0.25, 0.3) is 0 Å². The van der Waals surface area contributed by atoms with Gasteiger partial charge in [-0.3, -0.25) is 9.69 Å². The van der Waals surface area contributed by atoms with Gasteiger partial charge in [0, 0.05) is 45.3 Å². The van der Waals surface area contributed by atoms with Gasteiger partial charge >= 0.3 is 0 Å². The van der Waals surface area contributed by atoms with Crippen LogP contribution in [-0.2, 0) is 4.79 Å². The smallest absolute Gasteiger partial charge is 0.227 e. The molecule has 122 valence electrons. The summed E-state index contributed by atoms with van der Waals surface area (Å²) < 4.78 is 0. The molecule has 5 nitrogen and oxygen atoms in total. The molecule has 2 rings (SSSR count). The zero-order chi connectivity index (χ0) is 15.4. The van der Waals surface area contributed by atoms with Crippen molar-refractivity contribution in [3.05, 3.63) is 0 Å². The van der Waals surface area contributed by atoms with E-state index in [9.17, 15) is 4.79 Å². The maximum atomic E-state index is 12.7. The minimum absolute atomic E-state index is 0.0575. The predicted octanol–water partition coefficient (Wildman–Crippen LogP) is 0.456. The molecule has 3 unspecified atom stereocenters. The third-order valence-electron chi connectivity index (χ3n) is 5.03. The first-order valence-electron chi connectivity index (χ1n) is 8.39. The summed E-state index contributed by atoms with van der Waals surface area (Å²) in [7, 11) is 4.21. The van der Waals surface area contributed by atoms with Gasteiger partial charge in [0.15, 0.2) is 0 Å². The van der Waals surface area contributed by atoms with Crippen LogP contribution in [0.3, 0.4) is 0 Å². The van der Waals surface area contributed by atoms with Crippen LogP contribution in [0.15, 0.2) is 0 Å². The van der Waals surface area contributed by atoms with Gasteiger partial charge in [0.05, 0.1) is 5.92 Å². The van der Waals surface area contributed by atoms with Gasteiger partial charge in [-0.2, -0.15) is 0 Å². The van der Waals surface area contributed by atoms with Crippen LogP contribution in [0.5, 0.6) is 0 Å². The maximum absolute atomic E-state index is 12.7. The number of nitrogens with two attached hydrogens (primary N) is 1. The van der Waals surface area contributed by atoms with Gasteiger partial charge in [-0.1, -0.05) is 6.92 Å². The fourth-order valence-electron chi connectivity index (χ4n) is 3.46. The minimum atomic E-state index is 0.0575. The number of hydrogen-bond donors (Lipinski definition) is 1. The Morgan fingerprint density at radius 3 is 2.48 bits per heavy atom. The molecule has 0 radical (unpaired) electrons. The molecule has 2 N–H and O–H groups in total. The SMILES string of the molecule is CC1CCC(N)C(C(=O)N2CCN(CCN(C)C)CC2)C1. The molecule has 0 aromatic rings. The summed E-state index contributed by atoms with van der Waals surface area (Å²) in [5.74, 6) is 1.00. The fraction of sp³-hybridized carbons (Fsp3) is 0.938. The molecule has 0 aromatic heterocycles. The lowest BCUT2D eigenvalue weighted by Gasteiger charge is -2.39. The van der Waals surface area contributed by atoms with Crippen LogP contribution in [0.4, 0.5) is 0 Å². The summed E-state index contributed by atoms with van der Waals surface area (Å²) in [6, 6.07) is 0.0699. The van der Waals surface area contributed by atoms with E-state index in [2.05, 4.69) is 35.7 Å². The molecule has 0 aromatic carbocycles. The van der Waals surface area contributed by atoms with Crippen molar-refractivity contribution in [2.75, 3.05) is 53.4 Å². The van der Waals surface area contributed by atoms with Crippen LogP contribution in [0.1, 0.15) is 26.2 Å². The normalized spacial score (nSPS) is 31.7. The molecule has 2 aliphatic rings. The second kappa shape index (κ2) is 7.56. The van der Waals surface area contributed by atoms with Gasteiger partial charge < -0.3 is 15.5 Å². The van der Waals surface area contributed by atoms with Gasteiger partial charge in [0.2, 0.25) is 5.91 Å². The minimum Gasteiger partial charge on any atom is -0.340 e. The van der Waals surface area contributed by atoms with Crippen molar-refractivity contribution >= 4 is 5.91 Å². The average Bonchev–Trinajstić information content (AvgIpc) is 2.47. The van der Waals surface area contributed by atoms with Crippen molar-refractivity contribution in [2.45, 2.75) is 32.2 Å². The maximum Gasteiger partial charge on any atom is 0.227 e. The van der Waals surface area contributed by atoms with Crippen molar-refractivity contribution in [3.63, 3.8) is 0 Å². The Morgan fingerprint density at radius 2 is 1.86 bits per heavy atom. The highest BCUT2D eigenvalue weighted by Gasteiger charge is 2.35. The lowest BCUT2D eigenvalue weighted by molar-refractivity contribution is -0.139. The highest BCUT2D eigenvalue weighted by molar-refractivity contribution is 5.79. The van der Waals surface area contributed by atoms with Crippen molar-refractivity contribution < 1.29 is 4.79 Å². The van der Waals surface area contributed by atoms with E-state index in [1.54, 1.807) is 0 Å². The fourth-order valence-corrected chi connectivity index (χ4v) is 3.46. The molecular formula is C16H32N4O. The topological polar surface area (TPSA) is 52.8 Å². The second-order valence-electron chi connectivity index (χ2n) is 7.16. The van der Waals surface area contributed by atoms with Gasteiger partial charge in [0.25, 0.3) is 0 Å². The Bertz CT molecular complexity index is 339. The first-order chi connectivity index (χ1) is 9.97. The zero-order valence-corrected chi connectivity index (χ0v) is 13.9. The van der Waals surface area contributed by atoms with Crippen LogP contribution in [0, 0.1) is 11.8 Å². The van der Waals surface area contributed by atoms with E-state index >= 15 is 0 Å². The lowest BCUT2D eigenvalue weighted by Crippen LogP contribution is -2.54. The molecule has 1 saturated heterocycles. The second-order valence-corrected chi connectivity index (χ2v) is 7.16. The molecule has 3 atom stereocenters. The number of likely N-dealkylation sites (N-methyl/N-ethyl adjacent to an activating group) is 1. The molecular weight excluding hydrogens is 264 g/mol. The van der Waals surface area contributed by atoms with Gasteiger partial charge in [-0.15, -0.1) is 0 Å². The molecule has 0 spiro atoms. The third kappa shape index (κ3) is 4.66. The monoisotopic (exact) mass is 296 g/mol. The number of carbonyl (C=O) groups is 1. The van der Waals surface area contributed by atoms with Crippen molar-refractivity contribution in [1.29, 1.82) is 0 Å². The number of hydrogen-bond acceptors (Lipinski definition) is 4. The zero-order valence-electron chi connectivity index (χ0n) is 13.9. The lowest BCUT2D eigenvalue weighted by atomic mass is 9.78. The Labute approximate surface area is 129 Å². The van der Waals surface area contributed by atoms with Gasteiger partial charge in [-0.25, -0.2) is 0 Å². The van der Waals surface area contributed by atoms with Crippen LogP contribution in [-0.4, -0.2) is 80.0 Å². The average molecular weight is 296 g/mol. The van der Waals surface area contributed by atoms with E-state index in [0.29, 0.717) is 11.8 Å². The largest absolute Gasteiger partial charge is 0.340 e. The van der Waals surface area contributed by atoms with E-state index in [-0.39, 0.29) is 12.0 Å². The summed E-state index contributed by atoms with van der Waals surface area (Å²) in [4.78, 5) is 19.4. The number of piperazine rings is 1. The van der Waals surface area contributed by atoms with E-state index < -0.39 is 0 Å².